The van der Waals surface area contributed by atoms with Crippen molar-refractivity contribution in [1.29, 1.82) is 0 Å². The molecule has 0 aliphatic rings. The number of anilines is 2. The Kier molecular flexibility index (Phi) is 5.82. The second-order valence-corrected chi connectivity index (χ2v) is 6.93. The van der Waals surface area contributed by atoms with Crippen molar-refractivity contribution >= 4 is 23.4 Å². The third kappa shape index (κ3) is 4.95. The van der Waals surface area contributed by atoms with Crippen LogP contribution in [0, 0.1) is 5.41 Å². The lowest BCUT2D eigenvalue weighted by Gasteiger charge is -2.28. The van der Waals surface area contributed by atoms with Gasteiger partial charge >= 0.3 is 12.1 Å². The monoisotopic (exact) mass is 357 g/mol. The molecule has 0 aliphatic heterocycles. The van der Waals surface area contributed by atoms with Crippen molar-refractivity contribution in [3.8, 4) is 5.88 Å². The standard InChI is InChI=1S/C19H23N3O4/c1-19(2,3)16(17(23)24)21-13-10-11-15(20-12-13)26-18(25)22(4)14-8-6-5-7-9-14/h5-12,16,21H,1-4H3,(H,23,24). The average molecular weight is 357 g/mol. The number of hydrogen-bond acceptors (Lipinski definition) is 5. The number of aliphatic carboxylic acids is 1. The largest absolute Gasteiger partial charge is 0.480 e. The molecule has 2 aromatic rings. The van der Waals surface area contributed by atoms with E-state index < -0.39 is 23.5 Å². The molecule has 1 atom stereocenters. The molecule has 1 amide bonds. The van der Waals surface area contributed by atoms with Crippen molar-refractivity contribution in [2.75, 3.05) is 17.3 Å². The highest BCUT2D eigenvalue weighted by Crippen LogP contribution is 2.24. The van der Waals surface area contributed by atoms with Crippen LogP contribution in [0.5, 0.6) is 5.88 Å². The zero-order valence-corrected chi connectivity index (χ0v) is 15.3. The minimum atomic E-state index is -0.947. The number of benzene rings is 1. The van der Waals surface area contributed by atoms with Crippen LogP contribution in [0.3, 0.4) is 0 Å². The van der Waals surface area contributed by atoms with E-state index in [-0.39, 0.29) is 5.88 Å². The number of amides is 1. The molecular formula is C19H23N3O4. The van der Waals surface area contributed by atoms with Crippen LogP contribution in [0.25, 0.3) is 0 Å². The van der Waals surface area contributed by atoms with Crippen LogP contribution >= 0.6 is 0 Å². The summed E-state index contributed by atoms with van der Waals surface area (Å²) >= 11 is 0. The van der Waals surface area contributed by atoms with Gasteiger partial charge in [-0.1, -0.05) is 39.0 Å². The summed E-state index contributed by atoms with van der Waals surface area (Å²) in [6, 6.07) is 11.5. The Morgan fingerprint density at radius 3 is 2.31 bits per heavy atom. The molecule has 0 saturated heterocycles. The maximum Gasteiger partial charge on any atom is 0.420 e. The van der Waals surface area contributed by atoms with E-state index in [2.05, 4.69) is 10.3 Å². The van der Waals surface area contributed by atoms with Crippen molar-refractivity contribution in [2.24, 2.45) is 5.41 Å². The Morgan fingerprint density at radius 1 is 1.15 bits per heavy atom. The normalized spacial score (nSPS) is 12.2. The van der Waals surface area contributed by atoms with Gasteiger partial charge in [-0.25, -0.2) is 14.6 Å². The molecule has 1 unspecified atom stereocenters. The molecule has 2 rings (SSSR count). The van der Waals surface area contributed by atoms with Gasteiger partial charge in [0.2, 0.25) is 5.88 Å². The first-order valence-corrected chi connectivity index (χ1v) is 8.14. The zero-order valence-electron chi connectivity index (χ0n) is 15.3. The lowest BCUT2D eigenvalue weighted by atomic mass is 9.86. The van der Waals surface area contributed by atoms with Crippen LogP contribution in [0.1, 0.15) is 20.8 Å². The second-order valence-electron chi connectivity index (χ2n) is 6.93. The molecular weight excluding hydrogens is 334 g/mol. The molecule has 7 heteroatoms. The molecule has 0 aliphatic carbocycles. The number of nitrogens with one attached hydrogen (secondary N) is 1. The summed E-state index contributed by atoms with van der Waals surface area (Å²) in [6.45, 7) is 5.51. The summed E-state index contributed by atoms with van der Waals surface area (Å²) in [7, 11) is 1.61. The Bertz CT molecular complexity index is 755. The van der Waals surface area contributed by atoms with Gasteiger partial charge in [-0.15, -0.1) is 0 Å². The zero-order chi connectivity index (χ0) is 19.3. The number of hydrogen-bond donors (Lipinski definition) is 2. The highest BCUT2D eigenvalue weighted by atomic mass is 16.6. The summed E-state index contributed by atoms with van der Waals surface area (Å²) in [4.78, 5) is 29.0. The van der Waals surface area contributed by atoms with Crippen LogP contribution in [0.4, 0.5) is 16.2 Å². The highest BCUT2D eigenvalue weighted by Gasteiger charge is 2.31. The fraction of sp³-hybridized carbons (Fsp3) is 0.316. The molecule has 26 heavy (non-hydrogen) atoms. The van der Waals surface area contributed by atoms with Crippen LogP contribution < -0.4 is 15.0 Å². The quantitative estimate of drug-likeness (QED) is 0.849. The summed E-state index contributed by atoms with van der Waals surface area (Å²) in [5, 5.41) is 12.3. The van der Waals surface area contributed by atoms with Gasteiger partial charge in [-0.3, -0.25) is 4.90 Å². The predicted octanol–water partition coefficient (Wildman–Crippen LogP) is 3.63. The second kappa shape index (κ2) is 7.86. The first kappa shape index (κ1) is 19.2. The molecule has 0 radical (unpaired) electrons. The van der Waals surface area contributed by atoms with Gasteiger partial charge < -0.3 is 15.2 Å². The van der Waals surface area contributed by atoms with E-state index in [1.165, 1.54) is 17.2 Å². The fourth-order valence-electron chi connectivity index (χ4n) is 2.26. The Hall–Kier alpha value is -3.09. The number of carboxylic acids is 1. The van der Waals surface area contributed by atoms with Gasteiger partial charge in [0.25, 0.3) is 0 Å². The SMILES string of the molecule is CN(C(=O)Oc1ccc(NC(C(=O)O)C(C)(C)C)cn1)c1ccccc1. The van der Waals surface area contributed by atoms with E-state index in [1.54, 1.807) is 25.2 Å². The van der Waals surface area contributed by atoms with E-state index >= 15 is 0 Å². The maximum atomic E-state index is 12.2. The molecule has 1 aromatic heterocycles. The average Bonchev–Trinajstić information content (AvgIpc) is 2.59. The minimum Gasteiger partial charge on any atom is -0.480 e. The number of ether oxygens (including phenoxy) is 1. The number of aromatic nitrogens is 1. The van der Waals surface area contributed by atoms with E-state index in [4.69, 9.17) is 4.74 Å². The van der Waals surface area contributed by atoms with Gasteiger partial charge in [-0.05, 0) is 23.6 Å². The molecule has 2 N–H and O–H groups in total. The van der Waals surface area contributed by atoms with Crippen molar-refractivity contribution in [3.05, 3.63) is 48.7 Å². The fourth-order valence-corrected chi connectivity index (χ4v) is 2.26. The van der Waals surface area contributed by atoms with Crippen LogP contribution in [-0.2, 0) is 4.79 Å². The van der Waals surface area contributed by atoms with Crippen LogP contribution in [-0.4, -0.2) is 35.2 Å². The summed E-state index contributed by atoms with van der Waals surface area (Å²) < 4.78 is 5.24. The number of carbonyl (C=O) groups is 2. The summed E-state index contributed by atoms with van der Waals surface area (Å²) in [6.07, 6.45) is 0.870. The molecule has 138 valence electrons. The van der Waals surface area contributed by atoms with E-state index in [0.717, 1.165) is 0 Å². The van der Waals surface area contributed by atoms with Gasteiger partial charge in [0.15, 0.2) is 0 Å². The molecule has 0 fully saturated rings. The van der Waals surface area contributed by atoms with Crippen LogP contribution in [0.2, 0.25) is 0 Å². The Balaban J connectivity index is 2.03. The molecule has 7 nitrogen and oxygen atoms in total. The van der Waals surface area contributed by atoms with Crippen molar-refractivity contribution in [2.45, 2.75) is 26.8 Å². The van der Waals surface area contributed by atoms with Gasteiger partial charge in [0.1, 0.15) is 6.04 Å². The van der Waals surface area contributed by atoms with Crippen molar-refractivity contribution in [3.63, 3.8) is 0 Å². The highest BCUT2D eigenvalue weighted by molar-refractivity contribution is 5.88. The lowest BCUT2D eigenvalue weighted by molar-refractivity contribution is -0.140. The first-order valence-electron chi connectivity index (χ1n) is 8.14. The molecule has 1 aromatic carbocycles. The molecule has 0 saturated carbocycles. The summed E-state index contributed by atoms with van der Waals surface area (Å²) in [5.74, 6) is -0.816. The van der Waals surface area contributed by atoms with Gasteiger partial charge in [-0.2, -0.15) is 0 Å². The van der Waals surface area contributed by atoms with E-state index in [0.29, 0.717) is 11.4 Å². The summed E-state index contributed by atoms with van der Waals surface area (Å²) in [5.41, 5.74) is 0.754. The topological polar surface area (TPSA) is 91.8 Å². The minimum absolute atomic E-state index is 0.131. The lowest BCUT2D eigenvalue weighted by Crippen LogP contribution is -2.41. The van der Waals surface area contributed by atoms with Gasteiger partial charge in [0.05, 0.1) is 11.9 Å². The number of rotatable bonds is 5. The van der Waals surface area contributed by atoms with E-state index in [9.17, 15) is 14.7 Å². The number of carboxylic acid groups (broad SMARTS) is 1. The Labute approximate surface area is 152 Å². The van der Waals surface area contributed by atoms with Crippen LogP contribution in [0.15, 0.2) is 48.7 Å². The maximum absolute atomic E-state index is 12.2. The van der Waals surface area contributed by atoms with Crippen molar-refractivity contribution in [1.82, 2.24) is 4.98 Å². The number of pyridine rings is 1. The molecule has 0 bridgehead atoms. The predicted molar refractivity (Wildman–Crippen MR) is 99.6 cm³/mol. The Morgan fingerprint density at radius 2 is 1.81 bits per heavy atom. The molecule has 1 heterocycles. The first-order chi connectivity index (χ1) is 12.2. The third-order valence-corrected chi connectivity index (χ3v) is 3.77. The number of para-hydroxylation sites is 1. The van der Waals surface area contributed by atoms with Crippen molar-refractivity contribution < 1.29 is 19.4 Å². The smallest absolute Gasteiger partial charge is 0.420 e. The van der Waals surface area contributed by atoms with Gasteiger partial charge in [0, 0.05) is 18.8 Å². The number of nitrogens with zero attached hydrogens (tertiary/aromatic N) is 2. The number of carbonyl (C=O) groups excluding carboxylic acids is 1. The molecule has 0 spiro atoms. The van der Waals surface area contributed by atoms with E-state index in [1.807, 2.05) is 39.0 Å². The third-order valence-electron chi connectivity index (χ3n) is 3.77.